The molecule has 0 saturated carbocycles. The Kier molecular flexibility index (Phi) is 4.28. The van der Waals surface area contributed by atoms with Crippen molar-refractivity contribution in [1.82, 2.24) is 20.0 Å². The molecule has 0 radical (unpaired) electrons. The summed E-state index contributed by atoms with van der Waals surface area (Å²) in [5, 5.41) is 3.54. The lowest BCUT2D eigenvalue weighted by Crippen LogP contribution is -2.50. The van der Waals surface area contributed by atoms with Crippen LogP contribution in [0.1, 0.15) is 5.56 Å². The van der Waals surface area contributed by atoms with Crippen LogP contribution in [-0.4, -0.2) is 56.5 Å². The van der Waals surface area contributed by atoms with Crippen molar-refractivity contribution >= 4 is 51.3 Å². The summed E-state index contributed by atoms with van der Waals surface area (Å²) in [6.45, 7) is 2.56. The first-order valence-electron chi connectivity index (χ1n) is 7.54. The molecule has 3 heterocycles. The molecule has 4 rings (SSSR count). The number of nitrogens with zero attached hydrogens (tertiary/aromatic N) is 4. The molecule has 0 unspecified atom stereocenters. The molecule has 1 amide bonds. The third-order valence-corrected chi connectivity index (χ3v) is 5.12. The van der Waals surface area contributed by atoms with Crippen LogP contribution in [0, 0.1) is 0 Å². The fraction of sp³-hybridized carbons (Fsp3) is 0.250. The summed E-state index contributed by atoms with van der Waals surface area (Å²) in [4.78, 5) is 21.9. The number of morpholine rings is 1. The van der Waals surface area contributed by atoms with Crippen LogP contribution in [0.2, 0.25) is 0 Å². The molecule has 6 nitrogen and oxygen atoms in total. The summed E-state index contributed by atoms with van der Waals surface area (Å²) in [6.07, 6.45) is 5.17. The fourth-order valence-electron chi connectivity index (χ4n) is 2.68. The zero-order valence-corrected chi connectivity index (χ0v) is 14.3. The van der Waals surface area contributed by atoms with Gasteiger partial charge in [-0.25, -0.2) is 10.0 Å². The summed E-state index contributed by atoms with van der Waals surface area (Å²) >= 11 is 6.72. The standard InChI is InChI=1S/C16H14N4O2S2/c21-15-14(24-16(23)20(15)19-5-7-22-8-6-19)10-11-1-2-12-13(9-11)18-4-3-17-12/h1-4,9-10H,5-8H2. The molecule has 0 spiro atoms. The summed E-state index contributed by atoms with van der Waals surface area (Å²) in [7, 11) is 0. The van der Waals surface area contributed by atoms with Gasteiger partial charge in [-0.2, -0.15) is 0 Å². The number of hydrogen-bond donors (Lipinski definition) is 0. The zero-order chi connectivity index (χ0) is 16.5. The maximum Gasteiger partial charge on any atom is 0.280 e. The average Bonchev–Trinajstić information content (AvgIpc) is 2.89. The van der Waals surface area contributed by atoms with Crippen molar-refractivity contribution in [3.63, 3.8) is 0 Å². The average molecular weight is 358 g/mol. The Bertz CT molecular complexity index is 849. The molecule has 2 aromatic rings. The van der Waals surface area contributed by atoms with Crippen molar-refractivity contribution in [3.8, 4) is 0 Å². The highest BCUT2D eigenvalue weighted by Gasteiger charge is 2.36. The molecule has 122 valence electrons. The van der Waals surface area contributed by atoms with Crippen LogP contribution in [0.5, 0.6) is 0 Å². The number of thiocarbonyl (C=S) groups is 1. The van der Waals surface area contributed by atoms with E-state index in [1.165, 1.54) is 11.8 Å². The minimum atomic E-state index is -0.0776. The van der Waals surface area contributed by atoms with E-state index >= 15 is 0 Å². The second-order valence-electron chi connectivity index (χ2n) is 5.36. The van der Waals surface area contributed by atoms with Crippen LogP contribution >= 0.6 is 24.0 Å². The summed E-state index contributed by atoms with van der Waals surface area (Å²) in [5.74, 6) is -0.0776. The van der Waals surface area contributed by atoms with E-state index in [0.717, 1.165) is 16.6 Å². The van der Waals surface area contributed by atoms with Crippen LogP contribution in [0.4, 0.5) is 0 Å². The van der Waals surface area contributed by atoms with E-state index in [9.17, 15) is 4.79 Å². The number of thioether (sulfide) groups is 1. The lowest BCUT2D eigenvalue weighted by atomic mass is 10.2. The van der Waals surface area contributed by atoms with Crippen LogP contribution in [0.3, 0.4) is 0 Å². The summed E-state index contributed by atoms with van der Waals surface area (Å²) < 4.78 is 5.90. The largest absolute Gasteiger partial charge is 0.379 e. The van der Waals surface area contributed by atoms with Crippen LogP contribution < -0.4 is 0 Å². The Morgan fingerprint density at radius 3 is 2.71 bits per heavy atom. The normalized spacial score (nSPS) is 21.2. The van der Waals surface area contributed by atoms with Crippen molar-refractivity contribution in [2.45, 2.75) is 0 Å². The smallest absolute Gasteiger partial charge is 0.280 e. The number of carbonyl (C=O) groups excluding carboxylic acids is 1. The molecular weight excluding hydrogens is 344 g/mol. The SMILES string of the molecule is O=C1C(=Cc2ccc3nccnc3c2)SC(=S)N1N1CCOCC1. The molecule has 0 bridgehead atoms. The molecule has 1 aromatic heterocycles. The molecule has 1 aromatic carbocycles. The van der Waals surface area contributed by atoms with Gasteiger partial charge in [-0.1, -0.05) is 30.0 Å². The van der Waals surface area contributed by atoms with Gasteiger partial charge in [0.15, 0.2) is 4.32 Å². The van der Waals surface area contributed by atoms with E-state index in [0.29, 0.717) is 35.5 Å². The van der Waals surface area contributed by atoms with Crippen molar-refractivity contribution in [1.29, 1.82) is 0 Å². The molecule has 0 aliphatic carbocycles. The number of hydrogen-bond acceptors (Lipinski definition) is 7. The maximum absolute atomic E-state index is 12.7. The zero-order valence-electron chi connectivity index (χ0n) is 12.7. The van der Waals surface area contributed by atoms with Gasteiger partial charge >= 0.3 is 0 Å². The number of aromatic nitrogens is 2. The number of rotatable bonds is 2. The molecule has 2 aliphatic rings. The van der Waals surface area contributed by atoms with Crippen LogP contribution in [0.15, 0.2) is 35.5 Å². The first-order valence-corrected chi connectivity index (χ1v) is 8.76. The van der Waals surface area contributed by atoms with Crippen LogP contribution in [-0.2, 0) is 9.53 Å². The minimum Gasteiger partial charge on any atom is -0.379 e. The molecule has 2 saturated heterocycles. The van der Waals surface area contributed by atoms with Gasteiger partial charge in [-0.05, 0) is 23.8 Å². The molecule has 8 heteroatoms. The molecular formula is C16H14N4O2S2. The van der Waals surface area contributed by atoms with Gasteiger partial charge in [0.05, 0.1) is 29.2 Å². The van der Waals surface area contributed by atoms with E-state index in [1.807, 2.05) is 29.3 Å². The molecule has 24 heavy (non-hydrogen) atoms. The number of hydrazine groups is 1. The first kappa shape index (κ1) is 15.6. The number of benzene rings is 1. The molecule has 0 N–H and O–H groups in total. The van der Waals surface area contributed by atoms with E-state index < -0.39 is 0 Å². The quantitative estimate of drug-likeness (QED) is 0.602. The lowest BCUT2D eigenvalue weighted by Gasteiger charge is -2.33. The van der Waals surface area contributed by atoms with E-state index in [2.05, 4.69) is 9.97 Å². The van der Waals surface area contributed by atoms with E-state index in [4.69, 9.17) is 17.0 Å². The van der Waals surface area contributed by atoms with Crippen LogP contribution in [0.25, 0.3) is 17.1 Å². The van der Waals surface area contributed by atoms with E-state index in [-0.39, 0.29) is 5.91 Å². The van der Waals surface area contributed by atoms with Gasteiger partial charge in [0, 0.05) is 25.5 Å². The third-order valence-electron chi connectivity index (χ3n) is 3.83. The maximum atomic E-state index is 12.7. The van der Waals surface area contributed by atoms with Gasteiger partial charge < -0.3 is 4.74 Å². The van der Waals surface area contributed by atoms with Crippen molar-refractivity contribution in [2.24, 2.45) is 0 Å². The number of fused-ring (bicyclic) bond motifs is 1. The van der Waals surface area contributed by atoms with Crippen molar-refractivity contribution in [3.05, 3.63) is 41.1 Å². The Balaban J connectivity index is 1.62. The Hall–Kier alpha value is -1.87. The first-order chi connectivity index (χ1) is 11.7. The van der Waals surface area contributed by atoms with Gasteiger partial charge in [0.2, 0.25) is 0 Å². The molecule has 2 aliphatic heterocycles. The molecule has 0 atom stereocenters. The van der Waals surface area contributed by atoms with Gasteiger partial charge in [-0.3, -0.25) is 14.8 Å². The minimum absolute atomic E-state index is 0.0776. The summed E-state index contributed by atoms with van der Waals surface area (Å²) in [5.41, 5.74) is 2.54. The highest BCUT2D eigenvalue weighted by Crippen LogP contribution is 2.34. The Morgan fingerprint density at radius 1 is 1.17 bits per heavy atom. The summed E-state index contributed by atoms with van der Waals surface area (Å²) in [6, 6.07) is 5.75. The number of amides is 1. The van der Waals surface area contributed by atoms with Gasteiger partial charge in [0.25, 0.3) is 5.91 Å². The highest BCUT2D eigenvalue weighted by molar-refractivity contribution is 8.26. The predicted molar refractivity (Wildman–Crippen MR) is 96.9 cm³/mol. The van der Waals surface area contributed by atoms with Gasteiger partial charge in [-0.15, -0.1) is 0 Å². The second-order valence-corrected chi connectivity index (χ2v) is 7.04. The topological polar surface area (TPSA) is 58.6 Å². The predicted octanol–water partition coefficient (Wildman–Crippen LogP) is 2.08. The van der Waals surface area contributed by atoms with Crippen molar-refractivity contribution in [2.75, 3.05) is 26.3 Å². The van der Waals surface area contributed by atoms with Crippen molar-refractivity contribution < 1.29 is 9.53 Å². The third kappa shape index (κ3) is 2.93. The fourth-order valence-corrected chi connectivity index (χ4v) is 3.99. The Labute approximate surface area is 148 Å². The van der Waals surface area contributed by atoms with E-state index in [1.54, 1.807) is 17.4 Å². The van der Waals surface area contributed by atoms with Gasteiger partial charge in [0.1, 0.15) is 0 Å². The second kappa shape index (κ2) is 6.56. The lowest BCUT2D eigenvalue weighted by molar-refractivity contribution is -0.138. The highest BCUT2D eigenvalue weighted by atomic mass is 32.2. The monoisotopic (exact) mass is 358 g/mol. The number of carbonyl (C=O) groups is 1. The number of ether oxygens (including phenoxy) is 1. The Morgan fingerprint density at radius 2 is 1.92 bits per heavy atom. The molecule has 2 fully saturated rings.